The molecule has 7 heteroatoms. The Kier molecular flexibility index (Phi) is 4.91. The zero-order valence-electron chi connectivity index (χ0n) is 10.2. The minimum absolute atomic E-state index is 0.134. The van der Waals surface area contributed by atoms with E-state index in [4.69, 9.17) is 34.8 Å². The van der Waals surface area contributed by atoms with Gasteiger partial charge in [-0.3, -0.25) is 4.79 Å². The number of amides is 1. The van der Waals surface area contributed by atoms with Gasteiger partial charge in [0.05, 0.1) is 16.3 Å². The van der Waals surface area contributed by atoms with Gasteiger partial charge >= 0.3 is 0 Å². The van der Waals surface area contributed by atoms with Crippen molar-refractivity contribution in [3.63, 3.8) is 0 Å². The summed E-state index contributed by atoms with van der Waals surface area (Å²) in [6.45, 7) is 1.78. The molecule has 1 heterocycles. The minimum Gasteiger partial charge on any atom is -0.319 e. The number of aromatic nitrogens is 1. The van der Waals surface area contributed by atoms with E-state index in [0.29, 0.717) is 20.7 Å². The standard InChI is InChI=1S/C13H8BrCl3N2O/c1-6-5-9(15)18-12(17)11(6)19-13(20)7-3-2-4-8(14)10(7)16/h2-5H,1H3,(H,19,20). The maximum Gasteiger partial charge on any atom is 0.257 e. The number of aryl methyl sites for hydroxylation is 1. The molecule has 0 radical (unpaired) electrons. The maximum absolute atomic E-state index is 12.2. The molecule has 1 amide bonds. The van der Waals surface area contributed by atoms with Crippen molar-refractivity contribution in [3.8, 4) is 0 Å². The molecular formula is C13H8BrCl3N2O. The molecule has 0 unspecified atom stereocenters. The largest absolute Gasteiger partial charge is 0.319 e. The number of hydrogen-bond donors (Lipinski definition) is 1. The third kappa shape index (κ3) is 3.26. The molecule has 0 saturated carbocycles. The van der Waals surface area contributed by atoms with E-state index in [1.165, 1.54) is 0 Å². The van der Waals surface area contributed by atoms with Crippen molar-refractivity contribution in [2.75, 3.05) is 5.32 Å². The molecule has 0 saturated heterocycles. The van der Waals surface area contributed by atoms with Gasteiger partial charge in [0.1, 0.15) is 5.15 Å². The van der Waals surface area contributed by atoms with Crippen LogP contribution in [0.1, 0.15) is 15.9 Å². The summed E-state index contributed by atoms with van der Waals surface area (Å²) in [5, 5.41) is 3.43. The second-order valence-corrected chi connectivity index (χ2v) is 5.96. The molecule has 2 rings (SSSR count). The molecule has 1 N–H and O–H groups in total. The summed E-state index contributed by atoms with van der Waals surface area (Å²) in [6.07, 6.45) is 0. The molecule has 0 spiro atoms. The monoisotopic (exact) mass is 392 g/mol. The van der Waals surface area contributed by atoms with E-state index in [1.807, 2.05) is 0 Å². The molecule has 20 heavy (non-hydrogen) atoms. The smallest absolute Gasteiger partial charge is 0.257 e. The topological polar surface area (TPSA) is 42.0 Å². The summed E-state index contributed by atoms with van der Waals surface area (Å²) < 4.78 is 0.642. The van der Waals surface area contributed by atoms with Crippen LogP contribution in [0.2, 0.25) is 15.3 Å². The fourth-order valence-corrected chi connectivity index (χ4v) is 2.76. The molecule has 0 bridgehead atoms. The highest BCUT2D eigenvalue weighted by Gasteiger charge is 2.16. The Morgan fingerprint density at radius 1 is 1.30 bits per heavy atom. The van der Waals surface area contributed by atoms with Crippen LogP contribution >= 0.6 is 50.7 Å². The van der Waals surface area contributed by atoms with Crippen LogP contribution in [0, 0.1) is 6.92 Å². The van der Waals surface area contributed by atoms with Gasteiger partial charge in [-0.15, -0.1) is 0 Å². The van der Waals surface area contributed by atoms with E-state index in [1.54, 1.807) is 31.2 Å². The van der Waals surface area contributed by atoms with Gasteiger partial charge in [-0.2, -0.15) is 0 Å². The van der Waals surface area contributed by atoms with Crippen LogP contribution in [0.5, 0.6) is 0 Å². The predicted octanol–water partition coefficient (Wildman–Crippen LogP) is 5.37. The van der Waals surface area contributed by atoms with Gasteiger partial charge in [-0.05, 0) is 46.6 Å². The first-order chi connectivity index (χ1) is 9.40. The quantitative estimate of drug-likeness (QED) is 0.696. The highest BCUT2D eigenvalue weighted by Crippen LogP contribution is 2.29. The van der Waals surface area contributed by atoms with Crippen LogP contribution in [0.15, 0.2) is 28.7 Å². The number of carbonyl (C=O) groups is 1. The zero-order chi connectivity index (χ0) is 14.9. The third-order valence-corrected chi connectivity index (χ3v) is 4.34. The zero-order valence-corrected chi connectivity index (χ0v) is 14.0. The van der Waals surface area contributed by atoms with E-state index in [0.717, 1.165) is 5.56 Å². The normalized spacial score (nSPS) is 10.4. The van der Waals surface area contributed by atoms with E-state index in [9.17, 15) is 4.79 Å². The molecule has 3 nitrogen and oxygen atoms in total. The number of nitrogens with one attached hydrogen (secondary N) is 1. The fourth-order valence-electron chi connectivity index (χ4n) is 1.61. The number of nitrogens with zero attached hydrogens (tertiary/aromatic N) is 1. The molecule has 0 aliphatic carbocycles. The maximum atomic E-state index is 12.2. The first-order valence-corrected chi connectivity index (χ1v) is 7.41. The van der Waals surface area contributed by atoms with Gasteiger partial charge in [-0.1, -0.05) is 40.9 Å². The van der Waals surface area contributed by atoms with Gasteiger partial charge in [0.25, 0.3) is 5.91 Å². The summed E-state index contributed by atoms with van der Waals surface area (Å²) >= 11 is 21.1. The lowest BCUT2D eigenvalue weighted by Gasteiger charge is -2.11. The highest BCUT2D eigenvalue weighted by molar-refractivity contribution is 9.10. The second-order valence-electron chi connectivity index (χ2n) is 3.98. The van der Waals surface area contributed by atoms with Gasteiger partial charge in [-0.25, -0.2) is 4.98 Å². The highest BCUT2D eigenvalue weighted by atomic mass is 79.9. The molecule has 1 aromatic carbocycles. The average Bonchev–Trinajstić information content (AvgIpc) is 2.36. The van der Waals surface area contributed by atoms with Crippen molar-refractivity contribution in [1.29, 1.82) is 0 Å². The number of pyridine rings is 1. The van der Waals surface area contributed by atoms with E-state index in [2.05, 4.69) is 26.2 Å². The van der Waals surface area contributed by atoms with Crippen molar-refractivity contribution in [3.05, 3.63) is 55.2 Å². The first-order valence-electron chi connectivity index (χ1n) is 5.48. The van der Waals surface area contributed by atoms with Crippen LogP contribution in [-0.4, -0.2) is 10.9 Å². The van der Waals surface area contributed by atoms with Gasteiger partial charge in [0.2, 0.25) is 0 Å². The third-order valence-electron chi connectivity index (χ3n) is 2.58. The van der Waals surface area contributed by atoms with Crippen LogP contribution < -0.4 is 5.32 Å². The van der Waals surface area contributed by atoms with Crippen molar-refractivity contribution >= 4 is 62.3 Å². The number of rotatable bonds is 2. The summed E-state index contributed by atoms with van der Waals surface area (Å²) in [5.74, 6) is -0.370. The van der Waals surface area contributed by atoms with Crippen LogP contribution in [0.3, 0.4) is 0 Å². The van der Waals surface area contributed by atoms with Gasteiger partial charge in [0.15, 0.2) is 5.15 Å². The first kappa shape index (κ1) is 15.6. The van der Waals surface area contributed by atoms with Gasteiger partial charge in [0, 0.05) is 4.47 Å². The molecule has 104 valence electrons. The van der Waals surface area contributed by atoms with Crippen LogP contribution in [0.4, 0.5) is 5.69 Å². The Labute approximate surface area is 139 Å². The number of anilines is 1. The van der Waals surface area contributed by atoms with E-state index >= 15 is 0 Å². The Hall–Kier alpha value is -0.810. The van der Waals surface area contributed by atoms with Crippen LogP contribution in [-0.2, 0) is 0 Å². The molecule has 0 aliphatic rings. The molecule has 0 fully saturated rings. The fraction of sp³-hybridized carbons (Fsp3) is 0.0769. The number of carbonyl (C=O) groups excluding carboxylic acids is 1. The van der Waals surface area contributed by atoms with E-state index in [-0.39, 0.29) is 16.2 Å². The average molecular weight is 394 g/mol. The summed E-state index contributed by atoms with van der Waals surface area (Å²) in [4.78, 5) is 16.1. The Morgan fingerprint density at radius 2 is 2.00 bits per heavy atom. The Bertz CT molecular complexity index is 668. The minimum atomic E-state index is -0.370. The van der Waals surface area contributed by atoms with E-state index < -0.39 is 0 Å². The summed E-state index contributed by atoms with van der Waals surface area (Å²) in [6, 6.07) is 6.71. The second kappa shape index (κ2) is 6.31. The predicted molar refractivity (Wildman–Crippen MR) is 86.1 cm³/mol. The summed E-state index contributed by atoms with van der Waals surface area (Å²) in [5.41, 5.74) is 1.47. The molecule has 1 aromatic heterocycles. The lowest BCUT2D eigenvalue weighted by Crippen LogP contribution is -2.14. The molecular weight excluding hydrogens is 386 g/mol. The Morgan fingerprint density at radius 3 is 2.65 bits per heavy atom. The number of benzene rings is 1. The molecule has 0 aliphatic heterocycles. The van der Waals surface area contributed by atoms with Crippen molar-refractivity contribution in [2.24, 2.45) is 0 Å². The van der Waals surface area contributed by atoms with Crippen molar-refractivity contribution in [2.45, 2.75) is 6.92 Å². The number of hydrogen-bond acceptors (Lipinski definition) is 2. The summed E-state index contributed by atoms with van der Waals surface area (Å²) in [7, 11) is 0. The lowest BCUT2D eigenvalue weighted by atomic mass is 10.2. The van der Waals surface area contributed by atoms with Crippen LogP contribution in [0.25, 0.3) is 0 Å². The lowest BCUT2D eigenvalue weighted by molar-refractivity contribution is 0.102. The number of halogens is 4. The molecule has 0 atom stereocenters. The van der Waals surface area contributed by atoms with Crippen molar-refractivity contribution < 1.29 is 4.79 Å². The Balaban J connectivity index is 2.36. The molecule has 2 aromatic rings. The van der Waals surface area contributed by atoms with Crippen molar-refractivity contribution in [1.82, 2.24) is 4.98 Å². The van der Waals surface area contributed by atoms with Gasteiger partial charge < -0.3 is 5.32 Å². The SMILES string of the molecule is Cc1cc(Cl)nc(Cl)c1NC(=O)c1cccc(Br)c1Cl.